The molecule has 0 amide bonds. The molecule has 0 aliphatic heterocycles. The van der Waals surface area contributed by atoms with Gasteiger partial charge in [0, 0.05) is 32.6 Å². The predicted octanol–water partition coefficient (Wildman–Crippen LogP) is 1.20. The standard InChI is InChI=1S/C12H17N7O2/c1-3-13-10-5-4-9(19(20)21)12(16-10)14-7-6-11-15-8-18(2)17-11/h4-5,8H,3,6-7H2,1-2H3,(H2,13,14,16). The average molecular weight is 291 g/mol. The summed E-state index contributed by atoms with van der Waals surface area (Å²) in [6, 6.07) is 3.03. The molecule has 0 atom stereocenters. The number of aryl methyl sites for hydroxylation is 1. The van der Waals surface area contributed by atoms with Crippen molar-refractivity contribution in [2.75, 3.05) is 23.7 Å². The Morgan fingerprint density at radius 2 is 2.19 bits per heavy atom. The second-order valence-electron chi connectivity index (χ2n) is 4.36. The fraction of sp³-hybridized carbons (Fsp3) is 0.417. The molecule has 0 aliphatic rings. The first-order chi connectivity index (χ1) is 10.1. The SMILES string of the molecule is CCNc1ccc([N+](=O)[O-])c(NCCc2ncn(C)n2)n1. The molecular formula is C12H17N7O2. The normalized spacial score (nSPS) is 10.4. The van der Waals surface area contributed by atoms with Crippen molar-refractivity contribution in [1.82, 2.24) is 19.7 Å². The summed E-state index contributed by atoms with van der Waals surface area (Å²) in [5.74, 6) is 1.52. The van der Waals surface area contributed by atoms with Crippen LogP contribution >= 0.6 is 0 Å². The summed E-state index contributed by atoms with van der Waals surface area (Å²) in [4.78, 5) is 18.9. The topological polar surface area (TPSA) is 111 Å². The van der Waals surface area contributed by atoms with Crippen LogP contribution in [0.15, 0.2) is 18.5 Å². The first-order valence-corrected chi connectivity index (χ1v) is 6.58. The van der Waals surface area contributed by atoms with E-state index < -0.39 is 4.92 Å². The van der Waals surface area contributed by atoms with Gasteiger partial charge >= 0.3 is 5.69 Å². The zero-order valence-corrected chi connectivity index (χ0v) is 11.9. The highest BCUT2D eigenvalue weighted by Gasteiger charge is 2.15. The van der Waals surface area contributed by atoms with Gasteiger partial charge in [-0.25, -0.2) is 9.97 Å². The third kappa shape index (κ3) is 3.88. The maximum atomic E-state index is 11.0. The average Bonchev–Trinajstić information content (AvgIpc) is 2.85. The number of nitrogens with zero attached hydrogens (tertiary/aromatic N) is 5. The quantitative estimate of drug-likeness (QED) is 0.582. The Bertz CT molecular complexity index is 626. The molecule has 0 bridgehead atoms. The third-order valence-electron chi connectivity index (χ3n) is 2.72. The number of nitrogens with one attached hydrogen (secondary N) is 2. The summed E-state index contributed by atoms with van der Waals surface area (Å²) in [5, 5.41) is 21.1. The number of hydrogen-bond acceptors (Lipinski definition) is 7. The van der Waals surface area contributed by atoms with Crippen molar-refractivity contribution in [2.45, 2.75) is 13.3 Å². The second kappa shape index (κ2) is 6.64. The van der Waals surface area contributed by atoms with Crippen molar-refractivity contribution in [2.24, 2.45) is 7.05 Å². The van der Waals surface area contributed by atoms with Crippen molar-refractivity contribution in [3.05, 3.63) is 34.4 Å². The molecule has 9 nitrogen and oxygen atoms in total. The van der Waals surface area contributed by atoms with Gasteiger partial charge in [-0.3, -0.25) is 14.8 Å². The van der Waals surface area contributed by atoms with Crippen molar-refractivity contribution >= 4 is 17.3 Å². The van der Waals surface area contributed by atoms with E-state index >= 15 is 0 Å². The van der Waals surface area contributed by atoms with Crippen LogP contribution in [0.3, 0.4) is 0 Å². The lowest BCUT2D eigenvalue weighted by Gasteiger charge is -2.08. The van der Waals surface area contributed by atoms with E-state index in [0.717, 1.165) is 0 Å². The third-order valence-corrected chi connectivity index (χ3v) is 2.72. The minimum Gasteiger partial charge on any atom is -0.370 e. The second-order valence-corrected chi connectivity index (χ2v) is 4.36. The van der Waals surface area contributed by atoms with Gasteiger partial charge in [0.25, 0.3) is 0 Å². The van der Waals surface area contributed by atoms with E-state index in [0.29, 0.717) is 31.2 Å². The highest BCUT2D eigenvalue weighted by Crippen LogP contribution is 2.23. The number of hydrogen-bond donors (Lipinski definition) is 2. The van der Waals surface area contributed by atoms with E-state index in [1.165, 1.54) is 6.07 Å². The lowest BCUT2D eigenvalue weighted by atomic mass is 10.3. The van der Waals surface area contributed by atoms with Gasteiger partial charge in [0.05, 0.1) is 4.92 Å². The minimum atomic E-state index is -0.454. The maximum absolute atomic E-state index is 11.0. The Hall–Kier alpha value is -2.71. The fourth-order valence-corrected chi connectivity index (χ4v) is 1.80. The van der Waals surface area contributed by atoms with E-state index in [1.807, 2.05) is 6.92 Å². The lowest BCUT2D eigenvalue weighted by Crippen LogP contribution is -2.11. The van der Waals surface area contributed by atoms with Crippen LogP contribution in [0.1, 0.15) is 12.7 Å². The molecule has 2 heterocycles. The maximum Gasteiger partial charge on any atom is 0.311 e. The Morgan fingerprint density at radius 3 is 2.81 bits per heavy atom. The van der Waals surface area contributed by atoms with Crippen molar-refractivity contribution in [3.63, 3.8) is 0 Å². The van der Waals surface area contributed by atoms with Gasteiger partial charge in [0.15, 0.2) is 5.82 Å². The Labute approximate surface area is 121 Å². The van der Waals surface area contributed by atoms with Crippen LogP contribution < -0.4 is 10.6 Å². The smallest absolute Gasteiger partial charge is 0.311 e. The number of nitro groups is 1. The fourth-order valence-electron chi connectivity index (χ4n) is 1.80. The van der Waals surface area contributed by atoms with E-state index in [2.05, 4.69) is 25.7 Å². The van der Waals surface area contributed by atoms with Gasteiger partial charge in [-0.2, -0.15) is 5.10 Å². The van der Waals surface area contributed by atoms with E-state index in [9.17, 15) is 10.1 Å². The van der Waals surface area contributed by atoms with Crippen LogP contribution in [0.4, 0.5) is 17.3 Å². The zero-order chi connectivity index (χ0) is 15.2. The first-order valence-electron chi connectivity index (χ1n) is 6.58. The molecule has 2 N–H and O–H groups in total. The molecule has 0 saturated heterocycles. The number of aromatic nitrogens is 4. The molecule has 2 rings (SSSR count). The summed E-state index contributed by atoms with van der Waals surface area (Å²) >= 11 is 0. The van der Waals surface area contributed by atoms with Gasteiger partial charge in [-0.1, -0.05) is 0 Å². The lowest BCUT2D eigenvalue weighted by molar-refractivity contribution is -0.384. The van der Waals surface area contributed by atoms with Crippen LogP contribution in [-0.4, -0.2) is 37.8 Å². The highest BCUT2D eigenvalue weighted by molar-refractivity contribution is 5.60. The summed E-state index contributed by atoms with van der Waals surface area (Å²) in [6.45, 7) is 3.10. The molecule has 0 saturated carbocycles. The Kier molecular flexibility index (Phi) is 4.64. The summed E-state index contributed by atoms with van der Waals surface area (Å²) in [7, 11) is 1.79. The van der Waals surface area contributed by atoms with Crippen LogP contribution in [0.25, 0.3) is 0 Å². The van der Waals surface area contributed by atoms with Gasteiger partial charge in [-0.05, 0) is 13.0 Å². The molecule has 2 aromatic heterocycles. The molecule has 0 aliphatic carbocycles. The predicted molar refractivity (Wildman–Crippen MR) is 78.3 cm³/mol. The number of rotatable bonds is 7. The molecule has 9 heteroatoms. The largest absolute Gasteiger partial charge is 0.370 e. The molecule has 0 spiro atoms. The molecular weight excluding hydrogens is 274 g/mol. The zero-order valence-electron chi connectivity index (χ0n) is 11.9. The van der Waals surface area contributed by atoms with Crippen LogP contribution in [0.2, 0.25) is 0 Å². The monoisotopic (exact) mass is 291 g/mol. The van der Waals surface area contributed by atoms with Crippen molar-refractivity contribution < 1.29 is 4.92 Å². The van der Waals surface area contributed by atoms with E-state index in [4.69, 9.17) is 0 Å². The molecule has 0 aromatic carbocycles. The summed E-state index contributed by atoms with van der Waals surface area (Å²) in [6.07, 6.45) is 2.17. The number of pyridine rings is 1. The highest BCUT2D eigenvalue weighted by atomic mass is 16.6. The van der Waals surface area contributed by atoms with Crippen molar-refractivity contribution in [1.29, 1.82) is 0 Å². The van der Waals surface area contributed by atoms with Gasteiger partial charge in [0.2, 0.25) is 5.82 Å². The Balaban J connectivity index is 2.05. The molecule has 21 heavy (non-hydrogen) atoms. The summed E-state index contributed by atoms with van der Waals surface area (Å²) < 4.78 is 1.61. The molecule has 0 unspecified atom stereocenters. The van der Waals surface area contributed by atoms with E-state index in [-0.39, 0.29) is 11.5 Å². The molecule has 0 radical (unpaired) electrons. The molecule has 0 fully saturated rings. The van der Waals surface area contributed by atoms with Crippen LogP contribution in [-0.2, 0) is 13.5 Å². The van der Waals surface area contributed by atoms with Crippen molar-refractivity contribution in [3.8, 4) is 0 Å². The molecule has 112 valence electrons. The Morgan fingerprint density at radius 1 is 1.38 bits per heavy atom. The first kappa shape index (κ1) is 14.7. The minimum absolute atomic E-state index is 0.0503. The molecule has 2 aromatic rings. The van der Waals surface area contributed by atoms with Gasteiger partial charge < -0.3 is 10.6 Å². The number of anilines is 2. The summed E-state index contributed by atoms with van der Waals surface area (Å²) in [5.41, 5.74) is -0.0503. The van der Waals surface area contributed by atoms with Gasteiger partial charge in [0.1, 0.15) is 12.1 Å². The van der Waals surface area contributed by atoms with Crippen LogP contribution in [0, 0.1) is 10.1 Å². The van der Waals surface area contributed by atoms with Crippen LogP contribution in [0.5, 0.6) is 0 Å². The van der Waals surface area contributed by atoms with E-state index in [1.54, 1.807) is 24.1 Å². The van der Waals surface area contributed by atoms with Gasteiger partial charge in [-0.15, -0.1) is 0 Å².